The number of ether oxygens (including phenoxy) is 7. The molecule has 3 fully saturated rings. The van der Waals surface area contributed by atoms with Crippen LogP contribution in [0.2, 0.25) is 0 Å². The van der Waals surface area contributed by atoms with E-state index in [0.29, 0.717) is 5.57 Å². The van der Waals surface area contributed by atoms with Gasteiger partial charge in [-0.05, 0) is 18.1 Å². The summed E-state index contributed by atoms with van der Waals surface area (Å²) in [5.41, 5.74) is -5.67. The van der Waals surface area contributed by atoms with E-state index >= 15 is 0 Å². The number of hydrogen-bond acceptors (Lipinski definition) is 14. The van der Waals surface area contributed by atoms with Crippen LogP contribution in [0.5, 0.6) is 0 Å². The van der Waals surface area contributed by atoms with Gasteiger partial charge in [0, 0.05) is 65.7 Å². The van der Waals surface area contributed by atoms with Gasteiger partial charge in [0.25, 0.3) is 0 Å². The number of epoxide rings is 1. The number of rotatable bonds is 6. The number of carbonyl (C=O) groups is 6. The van der Waals surface area contributed by atoms with Crippen molar-refractivity contribution in [3.8, 4) is 0 Å². The van der Waals surface area contributed by atoms with Gasteiger partial charge < -0.3 is 38.3 Å². The van der Waals surface area contributed by atoms with Gasteiger partial charge in [-0.1, -0.05) is 20.8 Å². The topological polar surface area (TPSA) is 191 Å². The lowest BCUT2D eigenvalue weighted by Crippen LogP contribution is -2.77. The molecular formula is C32H44O14. The van der Waals surface area contributed by atoms with E-state index in [1.165, 1.54) is 27.7 Å². The van der Waals surface area contributed by atoms with Crippen LogP contribution >= 0.6 is 0 Å². The first kappa shape index (κ1) is 35.3. The van der Waals surface area contributed by atoms with Crippen LogP contribution in [0.25, 0.3) is 0 Å². The Kier molecular flexibility index (Phi) is 9.16. The van der Waals surface area contributed by atoms with Gasteiger partial charge in [-0.15, -0.1) is 0 Å². The Bertz CT molecular complexity index is 1360. The SMILES string of the molecule is CC(=O)OC1CC2(OC(C)=O)C(OC(C)=O)C3C4(CO4)C(O)CC(OC(C)=O)C3(C)C(OC(C)=O)C(OC(C)=O)C(=C1C)C2(C)C. The Balaban J connectivity index is 2.26. The Morgan fingerprint density at radius 1 is 0.739 bits per heavy atom. The van der Waals surface area contributed by atoms with Gasteiger partial charge in [0.2, 0.25) is 0 Å². The molecule has 4 aliphatic rings. The Morgan fingerprint density at radius 2 is 1.24 bits per heavy atom. The summed E-state index contributed by atoms with van der Waals surface area (Å²) in [5.74, 6) is -5.71. The highest BCUT2D eigenvalue weighted by Crippen LogP contribution is 2.67. The van der Waals surface area contributed by atoms with Crippen molar-refractivity contribution in [1.29, 1.82) is 0 Å². The quantitative estimate of drug-likeness (QED) is 0.189. The van der Waals surface area contributed by atoms with E-state index < -0.39 is 100 Å². The summed E-state index contributed by atoms with van der Waals surface area (Å²) in [6, 6.07) is 0. The largest absolute Gasteiger partial charge is 0.462 e. The number of esters is 6. The second-order valence-corrected chi connectivity index (χ2v) is 13.5. The lowest BCUT2D eigenvalue weighted by molar-refractivity contribution is -0.287. The van der Waals surface area contributed by atoms with Crippen molar-refractivity contribution in [3.05, 3.63) is 11.1 Å². The molecule has 256 valence electrons. The van der Waals surface area contributed by atoms with Crippen LogP contribution in [-0.4, -0.2) is 95.4 Å². The summed E-state index contributed by atoms with van der Waals surface area (Å²) in [4.78, 5) is 77.0. The molecular weight excluding hydrogens is 608 g/mol. The molecule has 0 radical (unpaired) electrons. The van der Waals surface area contributed by atoms with Crippen LogP contribution in [0, 0.1) is 16.7 Å². The standard InChI is InChI=1S/C32H44O14/c1-14-21(41-15(2)33)12-32(46-20(7)38)28(45-19(6)37)26-30(10,23(42-16(3)34)11-22(39)31(26)13-40-31)27(44-18(5)36)25(43-17(4)35)24(14)29(32,8)9/h21-23,25-28,39H,11-13H2,1-10H3. The third-order valence-electron chi connectivity index (χ3n) is 10.3. The molecule has 10 atom stereocenters. The lowest BCUT2D eigenvalue weighted by Gasteiger charge is -2.65. The number of fused-ring (bicyclic) bond motifs is 4. The molecule has 0 aromatic carbocycles. The van der Waals surface area contributed by atoms with E-state index in [2.05, 4.69) is 0 Å². The minimum absolute atomic E-state index is 0.0460. The Hall–Kier alpha value is -3.52. The van der Waals surface area contributed by atoms with Crippen LogP contribution < -0.4 is 0 Å². The van der Waals surface area contributed by atoms with Gasteiger partial charge >= 0.3 is 35.8 Å². The maximum atomic E-state index is 13.1. The number of hydrogen-bond donors (Lipinski definition) is 1. The zero-order chi connectivity index (χ0) is 34.7. The summed E-state index contributed by atoms with van der Waals surface area (Å²) in [7, 11) is 0. The van der Waals surface area contributed by atoms with E-state index in [9.17, 15) is 33.9 Å². The highest BCUT2D eigenvalue weighted by molar-refractivity contribution is 5.71. The van der Waals surface area contributed by atoms with Crippen molar-refractivity contribution < 1.29 is 67.0 Å². The van der Waals surface area contributed by atoms with Crippen LogP contribution in [0.4, 0.5) is 0 Å². The molecule has 1 heterocycles. The van der Waals surface area contributed by atoms with Gasteiger partial charge in [0.15, 0.2) is 17.8 Å². The third kappa shape index (κ3) is 5.56. The molecule has 14 heteroatoms. The summed E-state index contributed by atoms with van der Waals surface area (Å²) >= 11 is 0. The molecule has 1 aliphatic heterocycles. The summed E-state index contributed by atoms with van der Waals surface area (Å²) in [5, 5.41) is 11.6. The van der Waals surface area contributed by atoms with E-state index in [-0.39, 0.29) is 25.0 Å². The van der Waals surface area contributed by atoms with E-state index in [4.69, 9.17) is 33.2 Å². The maximum absolute atomic E-state index is 13.1. The predicted molar refractivity (Wildman–Crippen MR) is 154 cm³/mol. The number of aliphatic hydroxyl groups excluding tert-OH is 1. The van der Waals surface area contributed by atoms with Gasteiger partial charge in [-0.2, -0.15) is 0 Å². The highest BCUT2D eigenvalue weighted by atomic mass is 16.6. The molecule has 2 bridgehead atoms. The Morgan fingerprint density at radius 3 is 1.70 bits per heavy atom. The van der Waals surface area contributed by atoms with E-state index in [1.807, 2.05) is 0 Å². The van der Waals surface area contributed by atoms with Crippen LogP contribution in [0.3, 0.4) is 0 Å². The van der Waals surface area contributed by atoms with Crippen molar-refractivity contribution in [2.45, 2.75) is 130 Å². The summed E-state index contributed by atoms with van der Waals surface area (Å²) in [6.45, 7) is 13.7. The van der Waals surface area contributed by atoms with Crippen molar-refractivity contribution >= 4 is 35.8 Å². The number of carbonyl (C=O) groups excluding carboxylic acids is 6. The predicted octanol–water partition coefficient (Wildman–Crippen LogP) is 1.86. The first-order chi connectivity index (χ1) is 21.1. The van der Waals surface area contributed by atoms with E-state index in [0.717, 1.165) is 13.8 Å². The molecule has 46 heavy (non-hydrogen) atoms. The molecule has 0 amide bonds. The fraction of sp³-hybridized carbons (Fsp3) is 0.750. The average molecular weight is 653 g/mol. The van der Waals surface area contributed by atoms with Gasteiger partial charge in [0.1, 0.15) is 23.9 Å². The van der Waals surface area contributed by atoms with Crippen LogP contribution in [0.1, 0.15) is 82.1 Å². The molecule has 3 aliphatic carbocycles. The molecule has 14 nitrogen and oxygen atoms in total. The zero-order valence-corrected chi connectivity index (χ0v) is 27.9. The Labute approximate surface area is 267 Å². The normalized spacial score (nSPS) is 39.1. The summed E-state index contributed by atoms with van der Waals surface area (Å²) in [6.07, 6.45) is -8.36. The second kappa shape index (κ2) is 11.9. The molecule has 1 saturated heterocycles. The van der Waals surface area contributed by atoms with Crippen molar-refractivity contribution in [3.63, 3.8) is 0 Å². The highest BCUT2D eigenvalue weighted by Gasteiger charge is 2.80. The smallest absolute Gasteiger partial charge is 0.303 e. The first-order valence-electron chi connectivity index (χ1n) is 15.2. The maximum Gasteiger partial charge on any atom is 0.303 e. The van der Waals surface area contributed by atoms with Gasteiger partial charge in [-0.3, -0.25) is 28.8 Å². The van der Waals surface area contributed by atoms with Gasteiger partial charge in [-0.25, -0.2) is 0 Å². The fourth-order valence-electron chi connectivity index (χ4n) is 8.56. The second-order valence-electron chi connectivity index (χ2n) is 13.5. The number of aliphatic hydroxyl groups is 1. The fourth-order valence-corrected chi connectivity index (χ4v) is 8.56. The van der Waals surface area contributed by atoms with Crippen molar-refractivity contribution in [1.82, 2.24) is 0 Å². The first-order valence-corrected chi connectivity index (χ1v) is 15.2. The molecule has 2 saturated carbocycles. The zero-order valence-electron chi connectivity index (χ0n) is 27.9. The minimum atomic E-state index is -1.87. The van der Waals surface area contributed by atoms with E-state index in [1.54, 1.807) is 27.7 Å². The van der Waals surface area contributed by atoms with Crippen LogP contribution in [0.15, 0.2) is 11.1 Å². The molecule has 10 unspecified atom stereocenters. The average Bonchev–Trinajstić information content (AvgIpc) is 3.67. The third-order valence-corrected chi connectivity index (χ3v) is 10.3. The summed E-state index contributed by atoms with van der Waals surface area (Å²) < 4.78 is 42.1. The monoisotopic (exact) mass is 652 g/mol. The molecule has 4 rings (SSSR count). The lowest BCUT2D eigenvalue weighted by atomic mass is 9.45. The molecule has 1 spiro atoms. The molecule has 0 aromatic heterocycles. The van der Waals surface area contributed by atoms with Crippen molar-refractivity contribution in [2.24, 2.45) is 16.7 Å². The van der Waals surface area contributed by atoms with Crippen LogP contribution in [-0.2, 0) is 61.9 Å². The molecule has 0 aromatic rings. The minimum Gasteiger partial charge on any atom is -0.462 e. The van der Waals surface area contributed by atoms with Gasteiger partial charge in [0.05, 0.1) is 18.1 Å². The molecule has 1 N–H and O–H groups in total. The van der Waals surface area contributed by atoms with Crippen molar-refractivity contribution in [2.75, 3.05) is 6.61 Å².